The molecule has 37 heavy (non-hydrogen) atoms. The molecule has 2 heterocycles. The number of nitrogens with zero attached hydrogens (tertiary/aromatic N) is 1. The molecule has 4 rings (SSSR count). The van der Waals surface area contributed by atoms with Gasteiger partial charge in [-0.25, -0.2) is 9.78 Å². The van der Waals surface area contributed by atoms with Crippen LogP contribution in [0.15, 0.2) is 54.6 Å². The summed E-state index contributed by atoms with van der Waals surface area (Å²) >= 11 is 12.2. The van der Waals surface area contributed by atoms with Crippen LogP contribution in [0.2, 0.25) is 10.0 Å². The largest absolute Gasteiger partial charge is 0.480 e. The Morgan fingerprint density at radius 1 is 1.11 bits per heavy atom. The summed E-state index contributed by atoms with van der Waals surface area (Å²) in [4.78, 5) is 29.2. The molecule has 1 aliphatic heterocycles. The Labute approximate surface area is 226 Å². The van der Waals surface area contributed by atoms with Gasteiger partial charge in [0.25, 0.3) is 5.91 Å². The third-order valence-electron chi connectivity index (χ3n) is 6.36. The maximum absolute atomic E-state index is 12.6. The number of fused-ring (bicyclic) bond motifs is 1. The predicted molar refractivity (Wildman–Crippen MR) is 145 cm³/mol. The third kappa shape index (κ3) is 7.01. The van der Waals surface area contributed by atoms with Gasteiger partial charge in [0.1, 0.15) is 11.9 Å². The lowest BCUT2D eigenvalue weighted by Gasteiger charge is -2.18. The van der Waals surface area contributed by atoms with E-state index in [2.05, 4.69) is 22.8 Å². The summed E-state index contributed by atoms with van der Waals surface area (Å²) in [6.45, 7) is 3.47. The van der Waals surface area contributed by atoms with Gasteiger partial charge in [0.15, 0.2) is 0 Å². The summed E-state index contributed by atoms with van der Waals surface area (Å²) in [6, 6.07) is 15.2. The van der Waals surface area contributed by atoms with E-state index in [-0.39, 0.29) is 28.1 Å². The minimum Gasteiger partial charge on any atom is -0.480 e. The van der Waals surface area contributed by atoms with Gasteiger partial charge in [-0.3, -0.25) is 4.79 Å². The van der Waals surface area contributed by atoms with E-state index in [1.807, 2.05) is 31.2 Å². The SMILES string of the molecule is CC(OCCc1ccc2c(n1)NCCC2)c1ccc(C[C@@H](NC(=O)c2c(Cl)cccc2Cl)C(=O)O)cc1. The van der Waals surface area contributed by atoms with Gasteiger partial charge in [0.05, 0.1) is 28.3 Å². The number of carbonyl (C=O) groups excluding carboxylic acids is 1. The summed E-state index contributed by atoms with van der Waals surface area (Å²) in [6.07, 6.45) is 2.89. The fourth-order valence-corrected chi connectivity index (χ4v) is 4.82. The number of aryl methyl sites for hydroxylation is 1. The van der Waals surface area contributed by atoms with E-state index >= 15 is 0 Å². The predicted octanol–water partition coefficient (Wildman–Crippen LogP) is 5.49. The number of aliphatic carboxylic acids is 1. The number of pyridine rings is 1. The number of rotatable bonds is 10. The van der Waals surface area contributed by atoms with Crippen LogP contribution in [-0.4, -0.2) is 41.2 Å². The first-order valence-corrected chi connectivity index (χ1v) is 13.0. The van der Waals surface area contributed by atoms with Gasteiger partial charge in [-0.1, -0.05) is 59.6 Å². The summed E-state index contributed by atoms with van der Waals surface area (Å²) in [5, 5.41) is 15.9. The van der Waals surface area contributed by atoms with Gasteiger partial charge in [0.2, 0.25) is 0 Å². The number of ether oxygens (including phenoxy) is 1. The van der Waals surface area contributed by atoms with Crippen LogP contribution in [-0.2, 0) is 28.8 Å². The molecule has 0 spiro atoms. The fraction of sp³-hybridized carbons (Fsp3) is 0.321. The van der Waals surface area contributed by atoms with Gasteiger partial charge < -0.3 is 20.5 Å². The van der Waals surface area contributed by atoms with Gasteiger partial charge in [-0.15, -0.1) is 0 Å². The molecule has 0 bridgehead atoms. The molecule has 194 valence electrons. The van der Waals surface area contributed by atoms with Gasteiger partial charge in [-0.05, 0) is 54.7 Å². The highest BCUT2D eigenvalue weighted by atomic mass is 35.5. The van der Waals surface area contributed by atoms with E-state index in [4.69, 9.17) is 32.9 Å². The zero-order valence-corrected chi connectivity index (χ0v) is 22.0. The first kappa shape index (κ1) is 26.9. The number of anilines is 1. The molecular formula is C28H29Cl2N3O4. The standard InChI is InChI=1S/C28H29Cl2N3O4/c1-17(37-15-13-21-12-11-20-4-3-14-31-26(20)32-21)19-9-7-18(8-10-19)16-24(28(35)36)33-27(34)25-22(29)5-2-6-23(25)30/h2,5-12,17,24H,3-4,13-16H2,1H3,(H,31,32)(H,33,34)(H,35,36)/t17?,24-/m1/s1. The molecule has 0 saturated heterocycles. The molecule has 0 radical (unpaired) electrons. The second kappa shape index (κ2) is 12.4. The average molecular weight is 542 g/mol. The van der Waals surface area contributed by atoms with E-state index in [0.29, 0.717) is 13.0 Å². The van der Waals surface area contributed by atoms with Crippen molar-refractivity contribution in [2.24, 2.45) is 0 Å². The highest BCUT2D eigenvalue weighted by Gasteiger charge is 2.24. The van der Waals surface area contributed by atoms with Crippen molar-refractivity contribution < 1.29 is 19.4 Å². The van der Waals surface area contributed by atoms with E-state index in [1.54, 1.807) is 6.07 Å². The monoisotopic (exact) mass is 541 g/mol. The molecule has 9 heteroatoms. The summed E-state index contributed by atoms with van der Waals surface area (Å²) in [5.74, 6) is -0.799. The second-order valence-corrected chi connectivity index (χ2v) is 9.82. The van der Waals surface area contributed by atoms with Crippen LogP contribution >= 0.6 is 23.2 Å². The Balaban J connectivity index is 1.31. The first-order valence-electron chi connectivity index (χ1n) is 12.2. The summed E-state index contributed by atoms with van der Waals surface area (Å²) in [5.41, 5.74) is 4.06. The molecule has 1 unspecified atom stereocenters. The number of carboxylic acids is 1. The smallest absolute Gasteiger partial charge is 0.326 e. The van der Waals surface area contributed by atoms with Crippen molar-refractivity contribution in [3.63, 3.8) is 0 Å². The maximum atomic E-state index is 12.6. The van der Waals surface area contributed by atoms with Crippen molar-refractivity contribution in [2.75, 3.05) is 18.5 Å². The van der Waals surface area contributed by atoms with Crippen LogP contribution in [0.5, 0.6) is 0 Å². The van der Waals surface area contributed by atoms with Crippen LogP contribution in [0.4, 0.5) is 5.82 Å². The molecular weight excluding hydrogens is 513 g/mol. The number of amides is 1. The van der Waals surface area contributed by atoms with Crippen molar-refractivity contribution in [2.45, 2.75) is 44.8 Å². The Bertz CT molecular complexity index is 1250. The van der Waals surface area contributed by atoms with Gasteiger partial charge in [-0.2, -0.15) is 0 Å². The van der Waals surface area contributed by atoms with E-state index in [1.165, 1.54) is 17.7 Å². The lowest BCUT2D eigenvalue weighted by molar-refractivity contribution is -0.139. The second-order valence-electron chi connectivity index (χ2n) is 9.01. The number of carboxylic acid groups (broad SMARTS) is 1. The fourth-order valence-electron chi connectivity index (χ4n) is 4.25. The normalized spacial score (nSPS) is 14.2. The number of benzene rings is 2. The van der Waals surface area contributed by atoms with Crippen LogP contribution in [0.25, 0.3) is 0 Å². The molecule has 3 aromatic rings. The number of halogens is 2. The highest BCUT2D eigenvalue weighted by molar-refractivity contribution is 6.39. The minimum absolute atomic E-state index is 0.0558. The zero-order valence-electron chi connectivity index (χ0n) is 20.5. The van der Waals surface area contributed by atoms with E-state index < -0.39 is 17.9 Å². The third-order valence-corrected chi connectivity index (χ3v) is 6.99. The number of carbonyl (C=O) groups is 2. The van der Waals surface area contributed by atoms with Crippen molar-refractivity contribution in [1.29, 1.82) is 0 Å². The van der Waals surface area contributed by atoms with Crippen molar-refractivity contribution in [3.8, 4) is 0 Å². The molecule has 2 atom stereocenters. The highest BCUT2D eigenvalue weighted by Crippen LogP contribution is 2.25. The summed E-state index contributed by atoms with van der Waals surface area (Å²) < 4.78 is 6.02. The average Bonchev–Trinajstić information content (AvgIpc) is 2.88. The van der Waals surface area contributed by atoms with Gasteiger partial charge >= 0.3 is 5.97 Å². The number of nitrogens with one attached hydrogen (secondary N) is 2. The topological polar surface area (TPSA) is 101 Å². The van der Waals surface area contributed by atoms with Crippen molar-refractivity contribution in [1.82, 2.24) is 10.3 Å². The lowest BCUT2D eigenvalue weighted by atomic mass is 10.0. The van der Waals surface area contributed by atoms with Crippen LogP contribution in [0.3, 0.4) is 0 Å². The van der Waals surface area contributed by atoms with Crippen molar-refractivity contribution in [3.05, 3.63) is 92.6 Å². The quantitative estimate of drug-likeness (QED) is 0.313. The molecule has 7 nitrogen and oxygen atoms in total. The molecule has 0 aliphatic carbocycles. The zero-order chi connectivity index (χ0) is 26.4. The number of hydrogen-bond donors (Lipinski definition) is 3. The molecule has 0 saturated carbocycles. The number of aromatic nitrogens is 1. The molecule has 1 aliphatic rings. The lowest BCUT2D eigenvalue weighted by Crippen LogP contribution is -2.42. The molecule has 1 amide bonds. The Hall–Kier alpha value is -3.13. The number of hydrogen-bond acceptors (Lipinski definition) is 5. The summed E-state index contributed by atoms with van der Waals surface area (Å²) in [7, 11) is 0. The molecule has 2 aromatic carbocycles. The first-order chi connectivity index (χ1) is 17.8. The molecule has 1 aromatic heterocycles. The molecule has 0 fully saturated rings. The van der Waals surface area contributed by atoms with Crippen LogP contribution < -0.4 is 10.6 Å². The van der Waals surface area contributed by atoms with E-state index in [0.717, 1.165) is 42.0 Å². The van der Waals surface area contributed by atoms with Gasteiger partial charge in [0, 0.05) is 25.1 Å². The Morgan fingerprint density at radius 3 is 2.54 bits per heavy atom. The Kier molecular flexibility index (Phi) is 9.03. The van der Waals surface area contributed by atoms with Crippen LogP contribution in [0, 0.1) is 0 Å². The van der Waals surface area contributed by atoms with E-state index in [9.17, 15) is 14.7 Å². The van der Waals surface area contributed by atoms with Crippen molar-refractivity contribution >= 4 is 40.9 Å². The van der Waals surface area contributed by atoms with Crippen LogP contribution in [0.1, 0.15) is 52.2 Å². The Morgan fingerprint density at radius 2 is 1.84 bits per heavy atom. The minimum atomic E-state index is -1.15. The maximum Gasteiger partial charge on any atom is 0.326 e. The molecule has 3 N–H and O–H groups in total.